The highest BCUT2D eigenvalue weighted by molar-refractivity contribution is 5.99. The third kappa shape index (κ3) is 6.64. The summed E-state index contributed by atoms with van der Waals surface area (Å²) in [6.45, 7) is 9.22. The molecular formula is C15H26ClNO5. The number of ketones is 1. The van der Waals surface area contributed by atoms with E-state index < -0.39 is 23.6 Å². The highest BCUT2D eigenvalue weighted by Crippen LogP contribution is 2.18. The van der Waals surface area contributed by atoms with Gasteiger partial charge in [-0.1, -0.05) is 0 Å². The molecule has 1 unspecified atom stereocenters. The quantitative estimate of drug-likeness (QED) is 0.573. The van der Waals surface area contributed by atoms with E-state index in [1.54, 1.807) is 34.6 Å². The number of Topliss-reactive ketones (excluding diaryl/α,β-unsaturated/α-hetero) is 1. The highest BCUT2D eigenvalue weighted by atomic mass is 35.5. The van der Waals surface area contributed by atoms with E-state index in [1.165, 1.54) is 4.90 Å². The van der Waals surface area contributed by atoms with Crippen LogP contribution in [0.3, 0.4) is 0 Å². The van der Waals surface area contributed by atoms with E-state index in [4.69, 9.17) is 9.47 Å². The van der Waals surface area contributed by atoms with Crippen LogP contribution in [0.2, 0.25) is 0 Å². The van der Waals surface area contributed by atoms with E-state index in [9.17, 15) is 14.4 Å². The van der Waals surface area contributed by atoms with Gasteiger partial charge in [0.15, 0.2) is 0 Å². The normalized spacial score (nSPS) is 19.3. The molecule has 0 aliphatic carbocycles. The molecule has 7 heteroatoms. The second-order valence-corrected chi connectivity index (χ2v) is 6.53. The van der Waals surface area contributed by atoms with Crippen LogP contribution in [-0.4, -0.2) is 47.5 Å². The molecule has 1 rings (SSSR count). The molecular weight excluding hydrogens is 310 g/mol. The van der Waals surface area contributed by atoms with Crippen molar-refractivity contribution in [2.75, 3.05) is 13.1 Å². The lowest BCUT2D eigenvalue weighted by Gasteiger charge is -2.27. The van der Waals surface area contributed by atoms with Crippen molar-refractivity contribution in [1.82, 2.24) is 4.90 Å². The number of hydrogen-bond acceptors (Lipinski definition) is 5. The van der Waals surface area contributed by atoms with E-state index in [0.29, 0.717) is 13.0 Å². The van der Waals surface area contributed by atoms with E-state index in [2.05, 4.69) is 0 Å². The largest absolute Gasteiger partial charge is 0.462 e. The van der Waals surface area contributed by atoms with Crippen LogP contribution in [0.5, 0.6) is 0 Å². The van der Waals surface area contributed by atoms with Gasteiger partial charge in [0.2, 0.25) is 0 Å². The molecule has 0 aromatic carbocycles. The van der Waals surface area contributed by atoms with Crippen LogP contribution in [-0.2, 0) is 19.1 Å². The van der Waals surface area contributed by atoms with Gasteiger partial charge in [-0.05, 0) is 41.0 Å². The van der Waals surface area contributed by atoms with Crippen LogP contribution >= 0.6 is 12.4 Å². The SMILES string of the molecule is CC(C)OC(=O)C1CN(C(=O)OC(C)(C)C)CCCC1=O.Cl. The molecule has 0 saturated carbocycles. The van der Waals surface area contributed by atoms with E-state index in [0.717, 1.165) is 0 Å². The van der Waals surface area contributed by atoms with Crippen LogP contribution in [0.15, 0.2) is 0 Å². The van der Waals surface area contributed by atoms with Gasteiger partial charge in [0.05, 0.1) is 6.10 Å². The van der Waals surface area contributed by atoms with Gasteiger partial charge in [-0.2, -0.15) is 0 Å². The maximum absolute atomic E-state index is 12.1. The van der Waals surface area contributed by atoms with Crippen molar-refractivity contribution in [3.8, 4) is 0 Å². The third-order valence-electron chi connectivity index (χ3n) is 2.93. The minimum Gasteiger partial charge on any atom is -0.462 e. The van der Waals surface area contributed by atoms with Crippen LogP contribution in [0, 0.1) is 5.92 Å². The van der Waals surface area contributed by atoms with E-state index >= 15 is 0 Å². The zero-order chi connectivity index (χ0) is 16.2. The summed E-state index contributed by atoms with van der Waals surface area (Å²) in [5, 5.41) is 0. The van der Waals surface area contributed by atoms with Gasteiger partial charge in [0, 0.05) is 19.5 Å². The van der Waals surface area contributed by atoms with Gasteiger partial charge < -0.3 is 14.4 Å². The summed E-state index contributed by atoms with van der Waals surface area (Å²) in [6, 6.07) is 0. The topological polar surface area (TPSA) is 72.9 Å². The number of hydrogen-bond donors (Lipinski definition) is 0. The number of halogens is 1. The van der Waals surface area contributed by atoms with Gasteiger partial charge in [0.1, 0.15) is 17.3 Å². The summed E-state index contributed by atoms with van der Waals surface area (Å²) in [4.78, 5) is 37.5. The maximum atomic E-state index is 12.1. The number of rotatable bonds is 2. The number of carbonyl (C=O) groups is 3. The zero-order valence-corrected chi connectivity index (χ0v) is 14.7. The Kier molecular flexibility index (Phi) is 7.87. The Morgan fingerprint density at radius 2 is 1.86 bits per heavy atom. The van der Waals surface area contributed by atoms with Gasteiger partial charge in [-0.25, -0.2) is 4.79 Å². The zero-order valence-electron chi connectivity index (χ0n) is 13.9. The van der Waals surface area contributed by atoms with Gasteiger partial charge in [-0.3, -0.25) is 9.59 Å². The molecule has 0 N–H and O–H groups in total. The Morgan fingerprint density at radius 1 is 1.27 bits per heavy atom. The Morgan fingerprint density at radius 3 is 2.36 bits per heavy atom. The van der Waals surface area contributed by atoms with Crippen molar-refractivity contribution in [1.29, 1.82) is 0 Å². The van der Waals surface area contributed by atoms with E-state index in [1.807, 2.05) is 0 Å². The fourth-order valence-corrected chi connectivity index (χ4v) is 2.04. The van der Waals surface area contributed by atoms with Crippen molar-refractivity contribution in [3.63, 3.8) is 0 Å². The lowest BCUT2D eigenvalue weighted by atomic mass is 10.0. The van der Waals surface area contributed by atoms with Crippen molar-refractivity contribution in [3.05, 3.63) is 0 Å². The molecule has 1 heterocycles. The number of likely N-dealkylation sites (tertiary alicyclic amines) is 1. The first-order valence-electron chi connectivity index (χ1n) is 7.31. The monoisotopic (exact) mass is 335 g/mol. The molecule has 1 aliphatic rings. The van der Waals surface area contributed by atoms with Crippen molar-refractivity contribution >= 4 is 30.3 Å². The van der Waals surface area contributed by atoms with Crippen molar-refractivity contribution in [2.24, 2.45) is 5.92 Å². The van der Waals surface area contributed by atoms with Crippen LogP contribution < -0.4 is 0 Å². The molecule has 6 nitrogen and oxygen atoms in total. The number of carbonyl (C=O) groups excluding carboxylic acids is 3. The Hall–Kier alpha value is -1.30. The Balaban J connectivity index is 0.00000441. The minimum atomic E-state index is -0.914. The van der Waals surface area contributed by atoms with Crippen LogP contribution in [0.4, 0.5) is 4.79 Å². The summed E-state index contributed by atoms with van der Waals surface area (Å²) in [7, 11) is 0. The lowest BCUT2D eigenvalue weighted by Crippen LogP contribution is -2.42. The summed E-state index contributed by atoms with van der Waals surface area (Å²) in [6.07, 6.45) is 0.0174. The van der Waals surface area contributed by atoms with E-state index in [-0.39, 0.29) is 37.3 Å². The first-order chi connectivity index (χ1) is 9.60. The molecule has 0 bridgehead atoms. The number of esters is 1. The molecule has 1 atom stereocenters. The third-order valence-corrected chi connectivity index (χ3v) is 2.93. The molecule has 0 spiro atoms. The fourth-order valence-electron chi connectivity index (χ4n) is 2.04. The maximum Gasteiger partial charge on any atom is 0.410 e. The van der Waals surface area contributed by atoms with Gasteiger partial charge >= 0.3 is 12.1 Å². The predicted molar refractivity (Wildman–Crippen MR) is 84.0 cm³/mol. The first-order valence-corrected chi connectivity index (χ1v) is 7.31. The molecule has 0 aromatic rings. The molecule has 22 heavy (non-hydrogen) atoms. The number of nitrogens with zero attached hydrogens (tertiary/aromatic N) is 1. The van der Waals surface area contributed by atoms with Crippen molar-refractivity contribution in [2.45, 2.75) is 59.2 Å². The summed E-state index contributed by atoms with van der Waals surface area (Å²) < 4.78 is 10.4. The summed E-state index contributed by atoms with van der Waals surface area (Å²) in [5.41, 5.74) is -0.610. The molecule has 1 fully saturated rings. The van der Waals surface area contributed by atoms with Gasteiger partial charge in [0.25, 0.3) is 0 Å². The average molecular weight is 336 g/mol. The molecule has 1 aliphatic heterocycles. The predicted octanol–water partition coefficient (Wildman–Crippen LogP) is 2.58. The smallest absolute Gasteiger partial charge is 0.410 e. The number of ether oxygens (including phenoxy) is 2. The fraction of sp³-hybridized carbons (Fsp3) is 0.800. The molecule has 0 radical (unpaired) electrons. The molecule has 0 aromatic heterocycles. The van der Waals surface area contributed by atoms with Crippen LogP contribution in [0.25, 0.3) is 0 Å². The summed E-state index contributed by atoms with van der Waals surface area (Å²) in [5.74, 6) is -1.65. The lowest BCUT2D eigenvalue weighted by molar-refractivity contribution is -0.155. The second kappa shape index (κ2) is 8.36. The second-order valence-electron chi connectivity index (χ2n) is 6.53. The van der Waals surface area contributed by atoms with Crippen molar-refractivity contribution < 1.29 is 23.9 Å². The first kappa shape index (κ1) is 20.7. The standard InChI is InChI=1S/C15H25NO5.ClH/c1-10(2)20-13(18)11-9-16(8-6-7-12(11)17)14(19)21-15(3,4)5;/h10-11H,6-9H2,1-5H3;1H. The Labute approximate surface area is 137 Å². The average Bonchev–Trinajstić information content (AvgIpc) is 2.48. The Bertz CT molecular complexity index is 417. The van der Waals surface area contributed by atoms with Gasteiger partial charge in [-0.15, -0.1) is 12.4 Å². The highest BCUT2D eigenvalue weighted by Gasteiger charge is 2.35. The molecule has 128 valence electrons. The van der Waals surface area contributed by atoms with Crippen LogP contribution in [0.1, 0.15) is 47.5 Å². The molecule has 1 saturated heterocycles. The molecule has 1 amide bonds. The minimum absolute atomic E-state index is 0. The number of amides is 1. The summed E-state index contributed by atoms with van der Waals surface area (Å²) >= 11 is 0.